The predicted octanol–water partition coefficient (Wildman–Crippen LogP) is 2.74. The standard InChI is InChI=1S/C21H26N2O/c1-16-8-6-9-17(2)20(16)22-21(24)19-12-7-13-23(15-19)14-18-10-4-3-5-11-18/h3-6,8-11,19H,7,12-15H2,1-2H3,(H,22,24)/p+1/t19-/m1/s1. The molecular formula is C21H27N2O+. The number of para-hydroxylation sites is 1. The molecule has 1 saturated heterocycles. The number of carbonyl (C=O) groups excluding carboxylic acids is 1. The third-order valence-corrected chi connectivity index (χ3v) is 5.02. The van der Waals surface area contributed by atoms with Crippen LogP contribution in [-0.2, 0) is 11.3 Å². The maximum absolute atomic E-state index is 12.7. The minimum atomic E-state index is 0.108. The van der Waals surface area contributed by atoms with Crippen LogP contribution in [0.15, 0.2) is 48.5 Å². The fourth-order valence-electron chi connectivity index (χ4n) is 3.66. The quantitative estimate of drug-likeness (QED) is 0.891. The summed E-state index contributed by atoms with van der Waals surface area (Å²) in [6.45, 7) is 7.19. The first-order valence-corrected chi connectivity index (χ1v) is 8.88. The van der Waals surface area contributed by atoms with Crippen LogP contribution in [0.4, 0.5) is 5.69 Å². The van der Waals surface area contributed by atoms with Gasteiger partial charge in [0, 0.05) is 11.3 Å². The SMILES string of the molecule is Cc1cccc(C)c1NC(=O)[C@@H]1CCC[NH+](Cc2ccccc2)C1. The average Bonchev–Trinajstić information content (AvgIpc) is 2.59. The highest BCUT2D eigenvalue weighted by Crippen LogP contribution is 2.21. The topological polar surface area (TPSA) is 33.5 Å². The number of hydrogen-bond acceptors (Lipinski definition) is 1. The smallest absolute Gasteiger partial charge is 0.233 e. The van der Waals surface area contributed by atoms with Crippen LogP contribution in [0.5, 0.6) is 0 Å². The molecule has 2 aromatic rings. The minimum Gasteiger partial charge on any atom is -0.331 e. The highest BCUT2D eigenvalue weighted by molar-refractivity contribution is 5.94. The molecule has 126 valence electrons. The van der Waals surface area contributed by atoms with Gasteiger partial charge in [-0.1, -0.05) is 48.5 Å². The third kappa shape index (κ3) is 4.04. The zero-order valence-corrected chi connectivity index (χ0v) is 14.6. The van der Waals surface area contributed by atoms with Gasteiger partial charge in [-0.3, -0.25) is 4.79 Å². The Morgan fingerprint density at radius 3 is 2.50 bits per heavy atom. The number of aryl methyl sites for hydroxylation is 2. The van der Waals surface area contributed by atoms with Gasteiger partial charge >= 0.3 is 0 Å². The molecule has 0 aliphatic carbocycles. The van der Waals surface area contributed by atoms with Gasteiger partial charge in [-0.05, 0) is 37.8 Å². The number of rotatable bonds is 4. The van der Waals surface area contributed by atoms with Crippen molar-refractivity contribution in [2.45, 2.75) is 33.2 Å². The van der Waals surface area contributed by atoms with Crippen LogP contribution >= 0.6 is 0 Å². The second-order valence-electron chi connectivity index (χ2n) is 6.96. The maximum atomic E-state index is 12.7. The minimum absolute atomic E-state index is 0.108. The first kappa shape index (κ1) is 16.7. The summed E-state index contributed by atoms with van der Waals surface area (Å²) in [6, 6.07) is 16.7. The maximum Gasteiger partial charge on any atom is 0.233 e. The lowest BCUT2D eigenvalue weighted by Gasteiger charge is -2.29. The number of benzene rings is 2. The summed E-state index contributed by atoms with van der Waals surface area (Å²) in [5.74, 6) is 0.286. The Morgan fingerprint density at radius 2 is 1.79 bits per heavy atom. The molecule has 1 fully saturated rings. The van der Waals surface area contributed by atoms with Crippen molar-refractivity contribution in [3.05, 3.63) is 65.2 Å². The molecule has 3 rings (SSSR count). The van der Waals surface area contributed by atoms with Gasteiger partial charge in [-0.2, -0.15) is 0 Å². The van der Waals surface area contributed by atoms with Crippen molar-refractivity contribution in [1.82, 2.24) is 0 Å². The summed E-state index contributed by atoms with van der Waals surface area (Å²) in [6.07, 6.45) is 2.11. The highest BCUT2D eigenvalue weighted by atomic mass is 16.1. The molecule has 1 heterocycles. The number of carbonyl (C=O) groups is 1. The van der Waals surface area contributed by atoms with E-state index in [1.807, 2.05) is 6.07 Å². The number of nitrogens with one attached hydrogen (secondary N) is 2. The van der Waals surface area contributed by atoms with Crippen molar-refractivity contribution in [3.63, 3.8) is 0 Å². The molecule has 3 heteroatoms. The molecule has 0 spiro atoms. The van der Waals surface area contributed by atoms with E-state index in [1.54, 1.807) is 0 Å². The molecular weight excluding hydrogens is 296 g/mol. The molecule has 0 saturated carbocycles. The summed E-state index contributed by atoms with van der Waals surface area (Å²) >= 11 is 0. The molecule has 0 bridgehead atoms. The van der Waals surface area contributed by atoms with Crippen LogP contribution in [0.25, 0.3) is 0 Å². The normalized spacial score (nSPS) is 20.6. The second kappa shape index (κ2) is 7.63. The Bertz CT molecular complexity index is 676. The lowest BCUT2D eigenvalue weighted by atomic mass is 9.96. The van der Waals surface area contributed by atoms with E-state index in [0.717, 1.165) is 49.3 Å². The molecule has 3 nitrogen and oxygen atoms in total. The molecule has 1 aliphatic heterocycles. The van der Waals surface area contributed by atoms with E-state index >= 15 is 0 Å². The number of piperidine rings is 1. The first-order chi connectivity index (χ1) is 11.6. The van der Waals surface area contributed by atoms with E-state index in [9.17, 15) is 4.79 Å². The molecule has 0 aromatic heterocycles. The lowest BCUT2D eigenvalue weighted by Crippen LogP contribution is -3.12. The fourth-order valence-corrected chi connectivity index (χ4v) is 3.66. The zero-order valence-electron chi connectivity index (χ0n) is 14.6. The summed E-state index contributed by atoms with van der Waals surface area (Å²) < 4.78 is 0. The van der Waals surface area contributed by atoms with Crippen molar-refractivity contribution in [1.29, 1.82) is 0 Å². The van der Waals surface area contributed by atoms with Crippen LogP contribution in [-0.4, -0.2) is 19.0 Å². The van der Waals surface area contributed by atoms with Gasteiger partial charge in [0.05, 0.1) is 19.0 Å². The summed E-state index contributed by atoms with van der Waals surface area (Å²) in [4.78, 5) is 14.3. The van der Waals surface area contributed by atoms with Gasteiger partial charge in [0.2, 0.25) is 5.91 Å². The van der Waals surface area contributed by atoms with Crippen molar-refractivity contribution in [2.75, 3.05) is 18.4 Å². The van der Waals surface area contributed by atoms with E-state index in [2.05, 4.69) is 61.6 Å². The highest BCUT2D eigenvalue weighted by Gasteiger charge is 2.29. The Hall–Kier alpha value is -2.13. The number of anilines is 1. The number of hydrogen-bond donors (Lipinski definition) is 2. The lowest BCUT2D eigenvalue weighted by molar-refractivity contribution is -0.921. The fraction of sp³-hybridized carbons (Fsp3) is 0.381. The first-order valence-electron chi connectivity index (χ1n) is 8.88. The summed E-state index contributed by atoms with van der Waals surface area (Å²) in [5, 5.41) is 3.18. The van der Waals surface area contributed by atoms with Crippen molar-refractivity contribution in [2.24, 2.45) is 5.92 Å². The molecule has 2 N–H and O–H groups in total. The summed E-state index contributed by atoms with van der Waals surface area (Å²) in [5.41, 5.74) is 4.60. The van der Waals surface area contributed by atoms with Crippen LogP contribution in [0.3, 0.4) is 0 Å². The van der Waals surface area contributed by atoms with Gasteiger partial charge in [0.15, 0.2) is 0 Å². The third-order valence-electron chi connectivity index (χ3n) is 5.02. The van der Waals surface area contributed by atoms with Gasteiger partial charge in [0.1, 0.15) is 6.54 Å². The summed E-state index contributed by atoms with van der Waals surface area (Å²) in [7, 11) is 0. The van der Waals surface area contributed by atoms with E-state index in [4.69, 9.17) is 0 Å². The van der Waals surface area contributed by atoms with Gasteiger partial charge in [-0.15, -0.1) is 0 Å². The predicted molar refractivity (Wildman–Crippen MR) is 98.1 cm³/mol. The number of likely N-dealkylation sites (tertiary alicyclic amines) is 1. The Morgan fingerprint density at radius 1 is 1.08 bits per heavy atom. The van der Waals surface area contributed by atoms with Gasteiger partial charge in [0.25, 0.3) is 0 Å². The second-order valence-corrected chi connectivity index (χ2v) is 6.96. The van der Waals surface area contributed by atoms with Crippen molar-refractivity contribution < 1.29 is 9.69 Å². The number of amides is 1. The van der Waals surface area contributed by atoms with E-state index < -0.39 is 0 Å². The molecule has 2 atom stereocenters. The van der Waals surface area contributed by atoms with Gasteiger partial charge in [-0.25, -0.2) is 0 Å². The van der Waals surface area contributed by atoms with Crippen LogP contribution < -0.4 is 10.2 Å². The van der Waals surface area contributed by atoms with Crippen LogP contribution in [0, 0.1) is 19.8 Å². The van der Waals surface area contributed by atoms with Crippen LogP contribution in [0.2, 0.25) is 0 Å². The molecule has 2 aromatic carbocycles. The average molecular weight is 323 g/mol. The van der Waals surface area contributed by atoms with Crippen molar-refractivity contribution in [3.8, 4) is 0 Å². The number of quaternary nitrogens is 1. The van der Waals surface area contributed by atoms with Gasteiger partial charge < -0.3 is 10.2 Å². The van der Waals surface area contributed by atoms with Crippen molar-refractivity contribution >= 4 is 11.6 Å². The monoisotopic (exact) mass is 323 g/mol. The molecule has 1 unspecified atom stereocenters. The molecule has 1 amide bonds. The Kier molecular flexibility index (Phi) is 5.31. The Balaban J connectivity index is 1.63. The zero-order chi connectivity index (χ0) is 16.9. The molecule has 0 radical (unpaired) electrons. The Labute approximate surface area is 144 Å². The molecule has 24 heavy (non-hydrogen) atoms. The molecule has 1 aliphatic rings. The van der Waals surface area contributed by atoms with E-state index in [0.29, 0.717) is 0 Å². The van der Waals surface area contributed by atoms with E-state index in [1.165, 1.54) is 10.5 Å². The van der Waals surface area contributed by atoms with Crippen LogP contribution in [0.1, 0.15) is 29.5 Å². The van der Waals surface area contributed by atoms with E-state index in [-0.39, 0.29) is 11.8 Å². The largest absolute Gasteiger partial charge is 0.331 e.